The third-order valence-electron chi connectivity index (χ3n) is 2.65. The topological polar surface area (TPSA) is 56.8 Å². The average Bonchev–Trinajstić information content (AvgIpc) is 2.34. The summed E-state index contributed by atoms with van der Waals surface area (Å²) in [5.41, 5.74) is 6.86. The van der Waals surface area contributed by atoms with E-state index in [2.05, 4.69) is 4.99 Å². The van der Waals surface area contributed by atoms with Crippen molar-refractivity contribution in [2.45, 2.75) is 27.3 Å². The Morgan fingerprint density at radius 2 is 1.78 bits per heavy atom. The van der Waals surface area contributed by atoms with Crippen LogP contribution in [0.3, 0.4) is 0 Å². The fourth-order valence-corrected chi connectivity index (χ4v) is 1.39. The number of methoxy groups -OCH3 is 2. The Morgan fingerprint density at radius 1 is 1.17 bits per heavy atom. The molecule has 4 heteroatoms. The van der Waals surface area contributed by atoms with Crippen LogP contribution in [-0.2, 0) is 6.54 Å². The molecule has 0 aromatic heterocycles. The van der Waals surface area contributed by atoms with Gasteiger partial charge in [-0.3, -0.25) is 4.99 Å². The van der Waals surface area contributed by atoms with Crippen molar-refractivity contribution in [2.24, 2.45) is 16.1 Å². The quantitative estimate of drug-likeness (QED) is 0.660. The Kier molecular flexibility index (Phi) is 4.59. The third-order valence-corrected chi connectivity index (χ3v) is 2.65. The summed E-state index contributed by atoms with van der Waals surface area (Å²) in [6, 6.07) is 5.75. The normalized spacial score (nSPS) is 12.4. The molecule has 0 bridgehead atoms. The zero-order valence-electron chi connectivity index (χ0n) is 11.8. The minimum atomic E-state index is -0.101. The van der Waals surface area contributed by atoms with E-state index in [9.17, 15) is 0 Å². The van der Waals surface area contributed by atoms with Crippen molar-refractivity contribution in [3.63, 3.8) is 0 Å². The fourth-order valence-electron chi connectivity index (χ4n) is 1.39. The molecule has 0 fully saturated rings. The zero-order valence-corrected chi connectivity index (χ0v) is 11.8. The van der Waals surface area contributed by atoms with E-state index >= 15 is 0 Å². The fraction of sp³-hybridized carbons (Fsp3) is 0.500. The Bertz CT molecular complexity index is 434. The molecule has 0 radical (unpaired) electrons. The van der Waals surface area contributed by atoms with Crippen LogP contribution in [0.25, 0.3) is 0 Å². The lowest BCUT2D eigenvalue weighted by molar-refractivity contribution is 0.354. The molecule has 0 saturated carbocycles. The first kappa shape index (κ1) is 14.4. The van der Waals surface area contributed by atoms with Gasteiger partial charge in [-0.15, -0.1) is 0 Å². The molecular weight excluding hydrogens is 228 g/mol. The molecule has 4 nitrogen and oxygen atoms in total. The van der Waals surface area contributed by atoms with E-state index in [-0.39, 0.29) is 5.41 Å². The summed E-state index contributed by atoms with van der Waals surface area (Å²) in [7, 11) is 3.24. The molecule has 1 aromatic carbocycles. The molecule has 18 heavy (non-hydrogen) atoms. The van der Waals surface area contributed by atoms with Gasteiger partial charge in [0.2, 0.25) is 0 Å². The summed E-state index contributed by atoms with van der Waals surface area (Å²) in [4.78, 5) is 4.39. The number of aliphatic imine (C=N–C) groups is 1. The highest BCUT2D eigenvalue weighted by Gasteiger charge is 2.15. The Labute approximate surface area is 109 Å². The van der Waals surface area contributed by atoms with Crippen LogP contribution in [0.15, 0.2) is 23.2 Å². The summed E-state index contributed by atoms with van der Waals surface area (Å²) in [5, 5.41) is 0. The maximum atomic E-state index is 5.92. The van der Waals surface area contributed by atoms with Crippen LogP contribution in [-0.4, -0.2) is 20.1 Å². The van der Waals surface area contributed by atoms with Crippen LogP contribution >= 0.6 is 0 Å². The van der Waals surface area contributed by atoms with Crippen molar-refractivity contribution in [3.05, 3.63) is 23.8 Å². The van der Waals surface area contributed by atoms with Crippen LogP contribution < -0.4 is 15.2 Å². The largest absolute Gasteiger partial charge is 0.493 e. The van der Waals surface area contributed by atoms with E-state index in [1.807, 2.05) is 39.0 Å². The molecule has 0 spiro atoms. The van der Waals surface area contributed by atoms with E-state index in [1.54, 1.807) is 14.2 Å². The molecular formula is C14H22N2O2. The van der Waals surface area contributed by atoms with Crippen molar-refractivity contribution < 1.29 is 9.47 Å². The summed E-state index contributed by atoms with van der Waals surface area (Å²) in [6.07, 6.45) is 0. The van der Waals surface area contributed by atoms with Crippen molar-refractivity contribution in [3.8, 4) is 11.5 Å². The molecule has 0 atom stereocenters. The van der Waals surface area contributed by atoms with E-state index in [1.165, 1.54) is 0 Å². The number of nitrogens with zero attached hydrogens (tertiary/aromatic N) is 1. The number of hydrogen-bond acceptors (Lipinski definition) is 3. The maximum Gasteiger partial charge on any atom is 0.161 e. The van der Waals surface area contributed by atoms with E-state index < -0.39 is 0 Å². The summed E-state index contributed by atoms with van der Waals surface area (Å²) in [6.45, 7) is 6.67. The van der Waals surface area contributed by atoms with Gasteiger partial charge in [-0.05, 0) is 17.7 Å². The summed E-state index contributed by atoms with van der Waals surface area (Å²) in [5.74, 6) is 2.07. The molecule has 0 amide bonds. The summed E-state index contributed by atoms with van der Waals surface area (Å²) >= 11 is 0. The first-order valence-electron chi connectivity index (χ1n) is 5.89. The predicted molar refractivity (Wildman–Crippen MR) is 74.3 cm³/mol. The van der Waals surface area contributed by atoms with Gasteiger partial charge in [-0.2, -0.15) is 0 Å². The second-order valence-corrected chi connectivity index (χ2v) is 5.14. The third kappa shape index (κ3) is 3.65. The van der Waals surface area contributed by atoms with Crippen molar-refractivity contribution >= 4 is 5.84 Å². The van der Waals surface area contributed by atoms with E-state index in [0.717, 1.165) is 5.56 Å². The van der Waals surface area contributed by atoms with Crippen LogP contribution in [0.1, 0.15) is 26.3 Å². The zero-order chi connectivity index (χ0) is 13.8. The standard InChI is InChI=1S/C14H22N2O2/c1-14(2,3)13(15)16-9-10-6-7-11(17-4)12(8-10)18-5/h6-8H,9H2,1-5H3,(H2,15,16). The average molecular weight is 250 g/mol. The first-order chi connectivity index (χ1) is 8.38. The van der Waals surface area contributed by atoms with Gasteiger partial charge >= 0.3 is 0 Å². The molecule has 0 unspecified atom stereocenters. The molecule has 0 heterocycles. The minimum absolute atomic E-state index is 0.101. The number of rotatable bonds is 4. The van der Waals surface area contributed by atoms with Gasteiger partial charge in [0.1, 0.15) is 0 Å². The highest BCUT2D eigenvalue weighted by atomic mass is 16.5. The molecule has 0 saturated heterocycles. The lowest BCUT2D eigenvalue weighted by Crippen LogP contribution is -2.28. The molecule has 1 aromatic rings. The molecule has 0 aliphatic rings. The van der Waals surface area contributed by atoms with E-state index in [0.29, 0.717) is 23.9 Å². The number of amidine groups is 1. The van der Waals surface area contributed by atoms with Crippen LogP contribution in [0.4, 0.5) is 0 Å². The van der Waals surface area contributed by atoms with Crippen LogP contribution in [0.2, 0.25) is 0 Å². The van der Waals surface area contributed by atoms with Gasteiger partial charge in [0, 0.05) is 5.41 Å². The number of hydrogen-bond donors (Lipinski definition) is 1. The Balaban J connectivity index is 2.87. The number of benzene rings is 1. The molecule has 0 aliphatic carbocycles. The van der Waals surface area contributed by atoms with Crippen LogP contribution in [0, 0.1) is 5.41 Å². The smallest absolute Gasteiger partial charge is 0.161 e. The number of nitrogens with two attached hydrogens (primary N) is 1. The highest BCUT2D eigenvalue weighted by Crippen LogP contribution is 2.27. The molecule has 0 aliphatic heterocycles. The molecule has 100 valence electrons. The lowest BCUT2D eigenvalue weighted by Gasteiger charge is -2.17. The Morgan fingerprint density at radius 3 is 2.28 bits per heavy atom. The molecule has 2 N–H and O–H groups in total. The second kappa shape index (κ2) is 5.76. The van der Waals surface area contributed by atoms with Gasteiger partial charge in [-0.1, -0.05) is 26.8 Å². The predicted octanol–water partition coefficient (Wildman–Crippen LogP) is 2.61. The lowest BCUT2D eigenvalue weighted by atomic mass is 9.95. The second-order valence-electron chi connectivity index (χ2n) is 5.14. The first-order valence-corrected chi connectivity index (χ1v) is 5.89. The van der Waals surface area contributed by atoms with Gasteiger partial charge < -0.3 is 15.2 Å². The van der Waals surface area contributed by atoms with Crippen LogP contribution in [0.5, 0.6) is 11.5 Å². The van der Waals surface area contributed by atoms with Gasteiger partial charge in [-0.25, -0.2) is 0 Å². The van der Waals surface area contributed by atoms with Crippen molar-refractivity contribution in [1.82, 2.24) is 0 Å². The van der Waals surface area contributed by atoms with Crippen molar-refractivity contribution in [1.29, 1.82) is 0 Å². The number of ether oxygens (including phenoxy) is 2. The minimum Gasteiger partial charge on any atom is -0.493 e. The van der Waals surface area contributed by atoms with Crippen molar-refractivity contribution in [2.75, 3.05) is 14.2 Å². The van der Waals surface area contributed by atoms with Gasteiger partial charge in [0.15, 0.2) is 11.5 Å². The van der Waals surface area contributed by atoms with Gasteiger partial charge in [0.25, 0.3) is 0 Å². The van der Waals surface area contributed by atoms with Gasteiger partial charge in [0.05, 0.1) is 26.6 Å². The molecule has 1 rings (SSSR count). The summed E-state index contributed by atoms with van der Waals surface area (Å²) < 4.78 is 10.4. The maximum absolute atomic E-state index is 5.92. The highest BCUT2D eigenvalue weighted by molar-refractivity contribution is 5.85. The van der Waals surface area contributed by atoms with E-state index in [4.69, 9.17) is 15.2 Å². The SMILES string of the molecule is COc1ccc(CN=C(N)C(C)(C)C)cc1OC. The monoisotopic (exact) mass is 250 g/mol. The Hall–Kier alpha value is -1.71.